The van der Waals surface area contributed by atoms with Gasteiger partial charge in [0.1, 0.15) is 5.00 Å². The summed E-state index contributed by atoms with van der Waals surface area (Å²) in [6.07, 6.45) is 3.58. The Kier molecular flexibility index (Phi) is 3.90. The molecule has 0 saturated heterocycles. The summed E-state index contributed by atoms with van der Waals surface area (Å²) in [5.41, 5.74) is 5.54. The molecule has 118 valence electrons. The quantitative estimate of drug-likeness (QED) is 0.786. The monoisotopic (exact) mass is 322 g/mol. The topological polar surface area (TPSA) is 109 Å². The Bertz CT molecular complexity index is 619. The molecule has 3 aliphatic rings. The number of anilines is 1. The fraction of sp³-hybridized carbons (Fsp3) is 0.533. The smallest absolute Gasteiger partial charge is 0.307 e. The van der Waals surface area contributed by atoms with Crippen molar-refractivity contribution < 1.29 is 19.5 Å². The molecule has 0 spiro atoms. The van der Waals surface area contributed by atoms with Gasteiger partial charge in [0.15, 0.2) is 0 Å². The number of nitrogens with two attached hydrogens (primary N) is 1. The van der Waals surface area contributed by atoms with Crippen molar-refractivity contribution in [1.29, 1.82) is 0 Å². The van der Waals surface area contributed by atoms with Gasteiger partial charge in [-0.2, -0.15) is 0 Å². The number of aliphatic carboxylic acids is 1. The number of primary amides is 1. The molecule has 3 aliphatic carbocycles. The predicted molar refractivity (Wildman–Crippen MR) is 81.5 cm³/mol. The maximum absolute atomic E-state index is 12.6. The number of nitrogens with one attached hydrogen (secondary N) is 1. The van der Waals surface area contributed by atoms with Crippen LogP contribution in [0.3, 0.4) is 0 Å². The maximum atomic E-state index is 12.6. The van der Waals surface area contributed by atoms with Crippen molar-refractivity contribution in [3.05, 3.63) is 17.0 Å². The molecule has 4 rings (SSSR count). The number of carboxylic acid groups (broad SMARTS) is 1. The van der Waals surface area contributed by atoms with Gasteiger partial charge in [0.25, 0.3) is 5.91 Å². The molecule has 0 radical (unpaired) electrons. The molecular formula is C15H18N2O4S. The minimum Gasteiger partial charge on any atom is -0.481 e. The standard InChI is InChI=1S/C15H18N2O4S/c16-12(18)9-5-6-22-14(9)17-13(19)10-7-1-3-8(4-2-7)11(10)15(20)21/h5-8,10-11H,1-4H2,(H2,16,18)(H,17,19)(H,20,21). The lowest BCUT2D eigenvalue weighted by molar-refractivity contribution is -0.156. The summed E-state index contributed by atoms with van der Waals surface area (Å²) in [7, 11) is 0. The Labute approximate surface area is 131 Å². The van der Waals surface area contributed by atoms with Crippen molar-refractivity contribution >= 4 is 34.1 Å². The van der Waals surface area contributed by atoms with E-state index in [-0.39, 0.29) is 23.3 Å². The maximum Gasteiger partial charge on any atom is 0.307 e. The largest absolute Gasteiger partial charge is 0.481 e. The van der Waals surface area contributed by atoms with Crippen LogP contribution in [0.2, 0.25) is 0 Å². The first-order chi connectivity index (χ1) is 10.5. The Hall–Kier alpha value is -1.89. The fourth-order valence-corrected chi connectivity index (χ4v) is 4.77. The van der Waals surface area contributed by atoms with E-state index in [1.807, 2.05) is 0 Å². The third-order valence-electron chi connectivity index (χ3n) is 4.97. The lowest BCUT2D eigenvalue weighted by atomic mass is 9.58. The summed E-state index contributed by atoms with van der Waals surface area (Å²) in [4.78, 5) is 35.5. The molecule has 0 aromatic carbocycles. The minimum absolute atomic E-state index is 0.0807. The average Bonchev–Trinajstić information content (AvgIpc) is 2.95. The lowest BCUT2D eigenvalue weighted by Crippen LogP contribution is -2.49. The lowest BCUT2D eigenvalue weighted by Gasteiger charge is -2.45. The van der Waals surface area contributed by atoms with Crippen LogP contribution in [-0.4, -0.2) is 22.9 Å². The van der Waals surface area contributed by atoms with Crippen molar-refractivity contribution in [3.63, 3.8) is 0 Å². The highest BCUT2D eigenvalue weighted by molar-refractivity contribution is 7.14. The molecule has 2 unspecified atom stereocenters. The van der Waals surface area contributed by atoms with Gasteiger partial charge in [-0.15, -0.1) is 11.3 Å². The number of hydrogen-bond acceptors (Lipinski definition) is 4. The highest BCUT2D eigenvalue weighted by atomic mass is 32.1. The van der Waals surface area contributed by atoms with Crippen LogP contribution < -0.4 is 11.1 Å². The molecule has 3 fully saturated rings. The number of carbonyl (C=O) groups is 3. The summed E-state index contributed by atoms with van der Waals surface area (Å²) in [6.45, 7) is 0. The summed E-state index contributed by atoms with van der Waals surface area (Å²) >= 11 is 1.22. The molecule has 2 amide bonds. The second kappa shape index (κ2) is 5.72. The molecule has 0 aliphatic heterocycles. The van der Waals surface area contributed by atoms with E-state index in [0.29, 0.717) is 5.00 Å². The van der Waals surface area contributed by atoms with Crippen molar-refractivity contribution in [2.45, 2.75) is 25.7 Å². The zero-order valence-corrected chi connectivity index (χ0v) is 12.8. The molecule has 6 nitrogen and oxygen atoms in total. The van der Waals surface area contributed by atoms with E-state index in [4.69, 9.17) is 5.73 Å². The van der Waals surface area contributed by atoms with Gasteiger partial charge in [-0.05, 0) is 49.0 Å². The second-order valence-corrected chi connectivity index (χ2v) is 7.00. The third kappa shape index (κ3) is 2.49. The summed E-state index contributed by atoms with van der Waals surface area (Å²) in [5, 5.41) is 14.3. The molecule has 2 atom stereocenters. The zero-order valence-electron chi connectivity index (χ0n) is 12.0. The van der Waals surface area contributed by atoms with Crippen molar-refractivity contribution in [1.82, 2.24) is 0 Å². The fourth-order valence-electron chi connectivity index (χ4n) is 3.98. The highest BCUT2D eigenvalue weighted by Gasteiger charge is 2.50. The first-order valence-corrected chi connectivity index (χ1v) is 8.28. The molecule has 4 N–H and O–H groups in total. The van der Waals surface area contributed by atoms with Gasteiger partial charge in [-0.25, -0.2) is 0 Å². The van der Waals surface area contributed by atoms with E-state index < -0.39 is 23.7 Å². The number of fused-ring (bicyclic) bond motifs is 3. The van der Waals surface area contributed by atoms with Gasteiger partial charge in [0.2, 0.25) is 5.91 Å². The summed E-state index contributed by atoms with van der Waals surface area (Å²) < 4.78 is 0. The predicted octanol–water partition coefficient (Wildman–Crippen LogP) is 1.92. The van der Waals surface area contributed by atoms with E-state index in [1.54, 1.807) is 11.4 Å². The van der Waals surface area contributed by atoms with Gasteiger partial charge in [-0.3, -0.25) is 14.4 Å². The number of carboxylic acids is 1. The van der Waals surface area contributed by atoms with Crippen LogP contribution in [0.1, 0.15) is 36.0 Å². The molecule has 1 heterocycles. The number of thiophene rings is 1. The molecule has 22 heavy (non-hydrogen) atoms. The van der Waals surface area contributed by atoms with Crippen LogP contribution in [0.4, 0.5) is 5.00 Å². The third-order valence-corrected chi connectivity index (χ3v) is 5.80. The van der Waals surface area contributed by atoms with Crippen LogP contribution in [0.5, 0.6) is 0 Å². The Morgan fingerprint density at radius 1 is 1.14 bits per heavy atom. The number of carbonyl (C=O) groups excluding carboxylic acids is 2. The van der Waals surface area contributed by atoms with E-state index in [0.717, 1.165) is 25.7 Å². The minimum atomic E-state index is -0.893. The van der Waals surface area contributed by atoms with Gasteiger partial charge >= 0.3 is 5.97 Å². The van der Waals surface area contributed by atoms with E-state index in [9.17, 15) is 19.5 Å². The summed E-state index contributed by atoms with van der Waals surface area (Å²) in [5.74, 6) is -2.74. The van der Waals surface area contributed by atoms with Crippen LogP contribution in [-0.2, 0) is 9.59 Å². The zero-order chi connectivity index (χ0) is 15.9. The number of hydrogen-bond donors (Lipinski definition) is 3. The van der Waals surface area contributed by atoms with Crippen LogP contribution in [0.15, 0.2) is 11.4 Å². The molecule has 3 saturated carbocycles. The van der Waals surface area contributed by atoms with Crippen molar-refractivity contribution in [2.24, 2.45) is 29.4 Å². The van der Waals surface area contributed by atoms with Crippen molar-refractivity contribution in [2.75, 3.05) is 5.32 Å². The molecule has 1 aromatic heterocycles. The molecular weight excluding hydrogens is 304 g/mol. The molecule has 2 bridgehead atoms. The number of rotatable bonds is 4. The van der Waals surface area contributed by atoms with Crippen LogP contribution >= 0.6 is 11.3 Å². The molecule has 1 aromatic rings. The van der Waals surface area contributed by atoms with Crippen LogP contribution in [0.25, 0.3) is 0 Å². The number of amides is 2. The van der Waals surface area contributed by atoms with Crippen LogP contribution in [0, 0.1) is 23.7 Å². The molecule has 7 heteroatoms. The van der Waals surface area contributed by atoms with Gasteiger partial charge in [0, 0.05) is 0 Å². The van der Waals surface area contributed by atoms with E-state index in [2.05, 4.69) is 5.32 Å². The second-order valence-electron chi connectivity index (χ2n) is 6.08. The van der Waals surface area contributed by atoms with Gasteiger partial charge in [0.05, 0.1) is 17.4 Å². The Morgan fingerprint density at radius 2 is 1.73 bits per heavy atom. The van der Waals surface area contributed by atoms with Gasteiger partial charge in [-0.1, -0.05) is 0 Å². The Morgan fingerprint density at radius 3 is 2.27 bits per heavy atom. The first-order valence-electron chi connectivity index (χ1n) is 7.40. The SMILES string of the molecule is NC(=O)c1ccsc1NC(=O)C1C2CCC(CC2)C1C(=O)O. The highest BCUT2D eigenvalue weighted by Crippen LogP contribution is 2.49. The van der Waals surface area contributed by atoms with Crippen molar-refractivity contribution in [3.8, 4) is 0 Å². The Balaban J connectivity index is 1.82. The first kappa shape index (κ1) is 15.0. The van der Waals surface area contributed by atoms with E-state index in [1.165, 1.54) is 11.3 Å². The normalized spacial score (nSPS) is 30.0. The van der Waals surface area contributed by atoms with E-state index >= 15 is 0 Å². The average molecular weight is 322 g/mol. The van der Waals surface area contributed by atoms with Gasteiger partial charge < -0.3 is 16.2 Å². The summed E-state index contributed by atoms with van der Waals surface area (Å²) in [6, 6.07) is 1.56.